The van der Waals surface area contributed by atoms with Crippen LogP contribution in [0.2, 0.25) is 0 Å². The van der Waals surface area contributed by atoms with E-state index in [0.717, 1.165) is 51.1 Å². The Morgan fingerprint density at radius 1 is 0.970 bits per heavy atom. The molecule has 176 valence electrons. The molecular formula is C26H35N5O2. The fourth-order valence-electron chi connectivity index (χ4n) is 4.78. The maximum Gasteiger partial charge on any atom is 0.313 e. The van der Waals surface area contributed by atoms with Crippen molar-refractivity contribution in [3.63, 3.8) is 0 Å². The van der Waals surface area contributed by atoms with Crippen molar-refractivity contribution in [2.45, 2.75) is 25.8 Å². The summed E-state index contributed by atoms with van der Waals surface area (Å²) in [4.78, 5) is 32.3. The summed E-state index contributed by atoms with van der Waals surface area (Å²) in [6, 6.07) is 14.3. The molecule has 7 nitrogen and oxygen atoms in total. The average Bonchev–Trinajstić information content (AvgIpc) is 3.20. The monoisotopic (exact) mass is 449 g/mol. The third-order valence-electron chi connectivity index (χ3n) is 6.90. The Labute approximate surface area is 196 Å². The number of anilines is 2. The number of hydrogen-bond donors (Lipinski definition) is 2. The van der Waals surface area contributed by atoms with Gasteiger partial charge in [0, 0.05) is 57.7 Å². The summed E-state index contributed by atoms with van der Waals surface area (Å²) < 4.78 is 0. The number of para-hydroxylation sites is 1. The summed E-state index contributed by atoms with van der Waals surface area (Å²) in [6.45, 7) is 7.32. The van der Waals surface area contributed by atoms with Gasteiger partial charge in [-0.15, -0.1) is 0 Å². The van der Waals surface area contributed by atoms with E-state index in [9.17, 15) is 9.59 Å². The van der Waals surface area contributed by atoms with Crippen molar-refractivity contribution in [2.24, 2.45) is 0 Å². The van der Waals surface area contributed by atoms with Gasteiger partial charge >= 0.3 is 11.8 Å². The maximum absolute atomic E-state index is 12.7. The van der Waals surface area contributed by atoms with Gasteiger partial charge in [-0.25, -0.2) is 0 Å². The molecule has 1 fully saturated rings. The van der Waals surface area contributed by atoms with E-state index in [0.29, 0.717) is 12.2 Å². The molecule has 2 amide bonds. The van der Waals surface area contributed by atoms with Crippen molar-refractivity contribution < 1.29 is 9.59 Å². The highest BCUT2D eigenvalue weighted by molar-refractivity contribution is 6.39. The fraction of sp³-hybridized carbons (Fsp3) is 0.462. The minimum atomic E-state index is -0.622. The SMILES string of the molecule is CCc1ccccc1NC(=O)C(=O)NC[C@@H](c1ccc2c(c1)CCN2C)N1CCN(C)CC1. The summed E-state index contributed by atoms with van der Waals surface area (Å²) in [5, 5.41) is 5.68. The molecule has 1 saturated heterocycles. The first-order valence-corrected chi connectivity index (χ1v) is 11.9. The van der Waals surface area contributed by atoms with Gasteiger partial charge in [0.15, 0.2) is 0 Å². The molecule has 0 unspecified atom stereocenters. The van der Waals surface area contributed by atoms with E-state index in [-0.39, 0.29) is 6.04 Å². The van der Waals surface area contributed by atoms with E-state index in [1.807, 2.05) is 31.2 Å². The normalized spacial score (nSPS) is 17.5. The van der Waals surface area contributed by atoms with Crippen LogP contribution in [0.4, 0.5) is 11.4 Å². The Morgan fingerprint density at radius 3 is 2.48 bits per heavy atom. The molecule has 0 aromatic heterocycles. The third kappa shape index (κ3) is 5.37. The molecule has 1 atom stereocenters. The van der Waals surface area contributed by atoms with Gasteiger partial charge in [-0.05, 0) is 48.7 Å². The van der Waals surface area contributed by atoms with Crippen LogP contribution in [0.15, 0.2) is 42.5 Å². The van der Waals surface area contributed by atoms with Crippen molar-refractivity contribution in [3.05, 3.63) is 59.2 Å². The molecule has 0 aliphatic carbocycles. The topological polar surface area (TPSA) is 67.9 Å². The molecule has 0 radical (unpaired) electrons. The minimum Gasteiger partial charge on any atom is -0.374 e. The third-order valence-corrected chi connectivity index (χ3v) is 6.90. The van der Waals surface area contributed by atoms with Crippen molar-refractivity contribution in [1.29, 1.82) is 0 Å². The number of carbonyl (C=O) groups is 2. The maximum atomic E-state index is 12.7. The Morgan fingerprint density at radius 2 is 1.73 bits per heavy atom. The van der Waals surface area contributed by atoms with Gasteiger partial charge in [-0.1, -0.05) is 37.3 Å². The van der Waals surface area contributed by atoms with Crippen LogP contribution < -0.4 is 15.5 Å². The van der Waals surface area contributed by atoms with E-state index in [4.69, 9.17) is 0 Å². The molecule has 2 aromatic rings. The fourth-order valence-corrected chi connectivity index (χ4v) is 4.78. The summed E-state index contributed by atoms with van der Waals surface area (Å²) in [6.07, 6.45) is 1.83. The number of rotatable bonds is 6. The number of amides is 2. The summed E-state index contributed by atoms with van der Waals surface area (Å²) in [5.41, 5.74) is 5.55. The van der Waals surface area contributed by atoms with Gasteiger partial charge in [-0.3, -0.25) is 14.5 Å². The summed E-state index contributed by atoms with van der Waals surface area (Å²) in [7, 11) is 4.26. The largest absolute Gasteiger partial charge is 0.374 e. The van der Waals surface area contributed by atoms with Gasteiger partial charge < -0.3 is 20.4 Å². The van der Waals surface area contributed by atoms with Gasteiger partial charge in [0.1, 0.15) is 0 Å². The Kier molecular flexibility index (Phi) is 7.30. The number of piperazine rings is 1. The van der Waals surface area contributed by atoms with E-state index >= 15 is 0 Å². The zero-order valence-corrected chi connectivity index (χ0v) is 19.9. The highest BCUT2D eigenvalue weighted by Crippen LogP contribution is 2.31. The van der Waals surface area contributed by atoms with Crippen LogP contribution in [0.3, 0.4) is 0 Å². The van der Waals surface area contributed by atoms with Gasteiger partial charge in [0.2, 0.25) is 0 Å². The van der Waals surface area contributed by atoms with Crippen molar-refractivity contribution in [3.8, 4) is 0 Å². The van der Waals surface area contributed by atoms with Crippen LogP contribution in [0.25, 0.3) is 0 Å². The zero-order valence-electron chi connectivity index (χ0n) is 19.9. The zero-order chi connectivity index (χ0) is 23.4. The molecule has 0 spiro atoms. The molecule has 2 heterocycles. The number of carbonyl (C=O) groups excluding carboxylic acids is 2. The molecule has 0 bridgehead atoms. The predicted octanol–water partition coefficient (Wildman–Crippen LogP) is 2.28. The second kappa shape index (κ2) is 10.4. The first-order chi connectivity index (χ1) is 16.0. The lowest BCUT2D eigenvalue weighted by atomic mass is 10.00. The first-order valence-electron chi connectivity index (χ1n) is 11.9. The molecule has 2 aliphatic rings. The first kappa shape index (κ1) is 23.3. The van der Waals surface area contributed by atoms with E-state index in [1.54, 1.807) is 0 Å². The molecule has 2 aromatic carbocycles. The van der Waals surface area contributed by atoms with Gasteiger partial charge in [0.25, 0.3) is 0 Å². The molecule has 0 saturated carbocycles. The number of benzene rings is 2. The van der Waals surface area contributed by atoms with Crippen molar-refractivity contribution in [2.75, 3.05) is 63.6 Å². The lowest BCUT2D eigenvalue weighted by molar-refractivity contribution is -0.136. The number of fused-ring (bicyclic) bond motifs is 1. The standard InChI is InChI=1S/C26H35N5O2/c1-4-19-7-5-6-8-22(19)28-26(33)25(32)27-18-24(31-15-13-29(2)14-16-31)20-9-10-23-21(17-20)11-12-30(23)3/h5-10,17,24H,4,11-16,18H2,1-3H3,(H,27,32)(H,28,33)/t24-/m0/s1. The quantitative estimate of drug-likeness (QED) is 0.663. The van der Waals surface area contributed by atoms with Crippen LogP contribution in [-0.2, 0) is 22.4 Å². The highest BCUT2D eigenvalue weighted by atomic mass is 16.2. The predicted molar refractivity (Wildman–Crippen MR) is 133 cm³/mol. The number of hydrogen-bond acceptors (Lipinski definition) is 5. The lowest BCUT2D eigenvalue weighted by Gasteiger charge is -2.38. The van der Waals surface area contributed by atoms with Crippen LogP contribution in [0.1, 0.15) is 29.7 Å². The smallest absolute Gasteiger partial charge is 0.313 e. The average molecular weight is 450 g/mol. The minimum absolute atomic E-state index is 0.0367. The molecule has 33 heavy (non-hydrogen) atoms. The van der Waals surface area contributed by atoms with E-state index < -0.39 is 11.8 Å². The number of likely N-dealkylation sites (N-methyl/N-ethyl adjacent to an activating group) is 2. The highest BCUT2D eigenvalue weighted by Gasteiger charge is 2.27. The molecule has 2 aliphatic heterocycles. The molecular weight excluding hydrogens is 414 g/mol. The van der Waals surface area contributed by atoms with Crippen LogP contribution in [0.5, 0.6) is 0 Å². The van der Waals surface area contributed by atoms with Crippen LogP contribution >= 0.6 is 0 Å². The number of nitrogens with one attached hydrogen (secondary N) is 2. The Balaban J connectivity index is 1.46. The van der Waals surface area contributed by atoms with Crippen LogP contribution in [0, 0.1) is 0 Å². The Hall–Kier alpha value is -2.90. The van der Waals surface area contributed by atoms with Crippen molar-refractivity contribution in [1.82, 2.24) is 15.1 Å². The summed E-state index contributed by atoms with van der Waals surface area (Å²) in [5.74, 6) is -1.22. The molecule has 2 N–H and O–H groups in total. The number of aryl methyl sites for hydroxylation is 1. The Bertz CT molecular complexity index is 1000. The van der Waals surface area contributed by atoms with Gasteiger partial charge in [0.05, 0.1) is 6.04 Å². The second-order valence-corrected chi connectivity index (χ2v) is 9.09. The second-order valence-electron chi connectivity index (χ2n) is 9.09. The van der Waals surface area contributed by atoms with Crippen LogP contribution in [-0.4, -0.2) is 75.0 Å². The van der Waals surface area contributed by atoms with E-state index in [2.05, 4.69) is 57.6 Å². The number of nitrogens with zero attached hydrogens (tertiary/aromatic N) is 3. The lowest BCUT2D eigenvalue weighted by Crippen LogP contribution is -2.49. The molecule has 7 heteroatoms. The van der Waals surface area contributed by atoms with Crippen molar-refractivity contribution >= 4 is 23.2 Å². The van der Waals surface area contributed by atoms with E-state index in [1.165, 1.54) is 16.8 Å². The molecule has 4 rings (SSSR count). The summed E-state index contributed by atoms with van der Waals surface area (Å²) >= 11 is 0. The van der Waals surface area contributed by atoms with Gasteiger partial charge in [-0.2, -0.15) is 0 Å².